The van der Waals surface area contributed by atoms with E-state index in [0.717, 1.165) is 19.4 Å². The van der Waals surface area contributed by atoms with Crippen molar-refractivity contribution in [1.29, 1.82) is 5.26 Å². The Morgan fingerprint density at radius 3 is 2.57 bits per heavy atom. The molecule has 5 nitrogen and oxygen atoms in total. The molecule has 0 bridgehead atoms. The highest BCUT2D eigenvalue weighted by atomic mass is 32.2. The first-order valence-corrected chi connectivity index (χ1v) is 8.56. The third kappa shape index (κ3) is 5.46. The maximum Gasteiger partial charge on any atom is 0.241 e. The molecule has 0 atom stereocenters. The molecule has 0 fully saturated rings. The molecule has 0 aliphatic heterocycles. The second-order valence-corrected chi connectivity index (χ2v) is 7.02. The van der Waals surface area contributed by atoms with E-state index in [1.807, 2.05) is 6.07 Å². The highest BCUT2D eigenvalue weighted by molar-refractivity contribution is 7.89. The van der Waals surface area contributed by atoms with Gasteiger partial charge < -0.3 is 4.90 Å². The van der Waals surface area contributed by atoms with Gasteiger partial charge in [-0.3, -0.25) is 0 Å². The Morgan fingerprint density at radius 2 is 1.95 bits per heavy atom. The topological polar surface area (TPSA) is 73.2 Å². The van der Waals surface area contributed by atoms with Gasteiger partial charge in [0.1, 0.15) is 6.07 Å². The number of sulfonamides is 1. The first-order valence-electron chi connectivity index (χ1n) is 7.07. The van der Waals surface area contributed by atoms with Gasteiger partial charge in [0.2, 0.25) is 10.0 Å². The van der Waals surface area contributed by atoms with Crippen molar-refractivity contribution in [2.45, 2.75) is 37.6 Å². The molecular weight excluding hydrogens is 286 g/mol. The maximum atomic E-state index is 12.1. The number of nitrogens with zero attached hydrogens (tertiary/aromatic N) is 2. The molecule has 0 unspecified atom stereocenters. The fourth-order valence-corrected chi connectivity index (χ4v) is 3.05. The van der Waals surface area contributed by atoms with Crippen molar-refractivity contribution in [1.82, 2.24) is 9.62 Å². The van der Waals surface area contributed by atoms with Gasteiger partial charge in [0.15, 0.2) is 0 Å². The van der Waals surface area contributed by atoms with Gasteiger partial charge in [-0.1, -0.05) is 12.1 Å². The van der Waals surface area contributed by atoms with Crippen molar-refractivity contribution >= 4 is 10.0 Å². The van der Waals surface area contributed by atoms with Crippen LogP contribution in [0.2, 0.25) is 0 Å². The first-order chi connectivity index (χ1) is 9.88. The predicted molar refractivity (Wildman–Crippen MR) is 83.3 cm³/mol. The average molecular weight is 309 g/mol. The quantitative estimate of drug-likeness (QED) is 0.745. The van der Waals surface area contributed by atoms with Crippen molar-refractivity contribution in [2.24, 2.45) is 0 Å². The molecule has 6 heteroatoms. The molecule has 0 saturated heterocycles. The number of unbranched alkanes of at least 4 members (excludes halogenated alkanes) is 1. The van der Waals surface area contributed by atoms with Crippen LogP contribution in [0.15, 0.2) is 29.2 Å². The minimum atomic E-state index is -3.61. The average Bonchev–Trinajstić information content (AvgIpc) is 2.46. The van der Waals surface area contributed by atoms with Gasteiger partial charge in [0.25, 0.3) is 0 Å². The summed E-state index contributed by atoms with van der Waals surface area (Å²) in [7, 11) is -1.55. The van der Waals surface area contributed by atoms with Crippen LogP contribution in [-0.2, 0) is 10.0 Å². The molecule has 0 heterocycles. The van der Waals surface area contributed by atoms with Crippen LogP contribution in [0.5, 0.6) is 0 Å². The summed E-state index contributed by atoms with van der Waals surface area (Å²) in [5.74, 6) is 0. The normalized spacial score (nSPS) is 11.8. The van der Waals surface area contributed by atoms with Crippen LogP contribution < -0.4 is 4.72 Å². The summed E-state index contributed by atoms with van der Waals surface area (Å²) in [4.78, 5) is 2.27. The van der Waals surface area contributed by atoms with Gasteiger partial charge >= 0.3 is 0 Å². The number of rotatable bonds is 8. The fraction of sp³-hybridized carbons (Fsp3) is 0.533. The highest BCUT2D eigenvalue weighted by Gasteiger charge is 2.17. The number of benzene rings is 1. The van der Waals surface area contributed by atoms with Crippen LogP contribution in [0.3, 0.4) is 0 Å². The van der Waals surface area contributed by atoms with E-state index in [9.17, 15) is 8.42 Å². The van der Waals surface area contributed by atoms with Gasteiger partial charge in [-0.2, -0.15) is 5.26 Å². The summed E-state index contributed by atoms with van der Waals surface area (Å²) >= 11 is 0. The minimum absolute atomic E-state index is 0.0480. The Labute approximate surface area is 127 Å². The summed E-state index contributed by atoms with van der Waals surface area (Å²) in [6.45, 7) is 5.57. The molecule has 116 valence electrons. The highest BCUT2D eigenvalue weighted by Crippen LogP contribution is 2.13. The van der Waals surface area contributed by atoms with Crippen LogP contribution in [-0.4, -0.2) is 39.5 Å². The van der Waals surface area contributed by atoms with Crippen LogP contribution >= 0.6 is 0 Å². The van der Waals surface area contributed by atoms with E-state index in [1.54, 1.807) is 12.1 Å². The van der Waals surface area contributed by atoms with E-state index in [4.69, 9.17) is 5.26 Å². The Bertz CT molecular complexity index is 591. The molecule has 0 aliphatic carbocycles. The van der Waals surface area contributed by atoms with Crippen LogP contribution in [0.1, 0.15) is 32.3 Å². The Morgan fingerprint density at radius 1 is 1.29 bits per heavy atom. The first kappa shape index (κ1) is 17.6. The Hall–Kier alpha value is -1.42. The second kappa shape index (κ2) is 8.13. The molecular formula is C15H23N3O2S. The molecule has 21 heavy (non-hydrogen) atoms. The molecule has 0 radical (unpaired) electrons. The largest absolute Gasteiger partial charge is 0.304 e. The van der Waals surface area contributed by atoms with Gasteiger partial charge in [-0.15, -0.1) is 0 Å². The van der Waals surface area contributed by atoms with E-state index in [1.165, 1.54) is 12.1 Å². The molecule has 1 N–H and O–H groups in total. The lowest BCUT2D eigenvalue weighted by atomic mass is 10.2. The Balaban J connectivity index is 2.50. The monoisotopic (exact) mass is 309 g/mol. The fourth-order valence-electron chi connectivity index (χ4n) is 1.82. The van der Waals surface area contributed by atoms with E-state index < -0.39 is 10.0 Å². The predicted octanol–water partition coefficient (Wildman–Crippen LogP) is 1.96. The lowest BCUT2D eigenvalue weighted by Crippen LogP contribution is -2.29. The third-order valence-corrected chi connectivity index (χ3v) is 4.93. The zero-order valence-corrected chi connectivity index (χ0v) is 13.7. The Kier molecular flexibility index (Phi) is 6.82. The van der Waals surface area contributed by atoms with Crippen molar-refractivity contribution in [3.63, 3.8) is 0 Å². The molecule has 0 aromatic heterocycles. The van der Waals surface area contributed by atoms with E-state index in [2.05, 4.69) is 30.5 Å². The molecule has 0 aliphatic rings. The second-order valence-electron chi connectivity index (χ2n) is 5.29. The van der Waals surface area contributed by atoms with E-state index in [-0.39, 0.29) is 10.5 Å². The van der Waals surface area contributed by atoms with E-state index >= 15 is 0 Å². The maximum absolute atomic E-state index is 12.1. The zero-order chi connectivity index (χ0) is 15.9. The molecule has 1 aromatic rings. The van der Waals surface area contributed by atoms with Crippen molar-refractivity contribution in [3.05, 3.63) is 29.8 Å². The number of hydrogen-bond acceptors (Lipinski definition) is 4. The van der Waals surface area contributed by atoms with Crippen molar-refractivity contribution in [2.75, 3.05) is 20.1 Å². The van der Waals surface area contributed by atoms with Crippen LogP contribution in [0.4, 0.5) is 0 Å². The molecule has 0 amide bonds. The number of hydrogen-bond donors (Lipinski definition) is 1. The summed E-state index contributed by atoms with van der Waals surface area (Å²) in [5.41, 5.74) is 0.171. The molecule has 1 aromatic carbocycles. The van der Waals surface area contributed by atoms with Crippen LogP contribution in [0, 0.1) is 11.3 Å². The summed E-state index contributed by atoms with van der Waals surface area (Å²) in [5, 5.41) is 8.96. The van der Waals surface area contributed by atoms with Crippen molar-refractivity contribution in [3.8, 4) is 6.07 Å². The smallest absolute Gasteiger partial charge is 0.241 e. The summed E-state index contributed by atoms with van der Waals surface area (Å²) in [6, 6.07) is 8.62. The number of nitrogens with one attached hydrogen (secondary N) is 1. The lowest BCUT2D eigenvalue weighted by molar-refractivity contribution is 0.268. The van der Waals surface area contributed by atoms with Gasteiger partial charge in [-0.05, 0) is 52.4 Å². The van der Waals surface area contributed by atoms with Gasteiger partial charge in [-0.25, -0.2) is 13.1 Å². The van der Waals surface area contributed by atoms with Crippen LogP contribution in [0.25, 0.3) is 0 Å². The summed E-state index contributed by atoms with van der Waals surface area (Å²) in [6.07, 6.45) is 1.70. The molecule has 0 spiro atoms. The third-order valence-electron chi connectivity index (χ3n) is 3.41. The molecule has 1 rings (SSSR count). The standard InChI is InChI=1S/C15H23N3O2S/c1-13(2)18(3)11-7-6-10-17-21(19,20)15-9-5-4-8-14(15)12-16/h4-5,8-9,13,17H,6-7,10-11H2,1-3H3. The SMILES string of the molecule is CC(C)N(C)CCCCNS(=O)(=O)c1ccccc1C#N. The lowest BCUT2D eigenvalue weighted by Gasteiger charge is -2.20. The number of nitriles is 1. The minimum Gasteiger partial charge on any atom is -0.304 e. The van der Waals surface area contributed by atoms with Crippen molar-refractivity contribution < 1.29 is 8.42 Å². The summed E-state index contributed by atoms with van der Waals surface area (Å²) < 4.78 is 26.8. The molecule has 0 saturated carbocycles. The van der Waals surface area contributed by atoms with E-state index in [0.29, 0.717) is 12.6 Å². The zero-order valence-electron chi connectivity index (χ0n) is 12.8. The van der Waals surface area contributed by atoms with Gasteiger partial charge in [0.05, 0.1) is 10.5 Å². The van der Waals surface area contributed by atoms with Gasteiger partial charge in [0, 0.05) is 12.6 Å².